The van der Waals surface area contributed by atoms with Crippen LogP contribution in [0, 0.1) is 34.0 Å². The molecule has 0 aromatic carbocycles. The van der Waals surface area contributed by atoms with Crippen molar-refractivity contribution in [1.29, 1.82) is 10.5 Å². The topological polar surface area (TPSA) is 47.6 Å². The van der Waals surface area contributed by atoms with E-state index in [4.69, 9.17) is 10.5 Å². The number of hydrogen-bond donors (Lipinski definition) is 0. The zero-order valence-corrected chi connectivity index (χ0v) is 7.06. The predicted molar refractivity (Wildman–Crippen MR) is 40.2 cm³/mol. The number of alkyl halides is 1. The fourth-order valence-corrected chi connectivity index (χ4v) is 1.66. The molecule has 0 radical (unpaired) electrons. The Morgan fingerprint density at radius 3 is 2.40 bits per heavy atom. The first-order valence-electron chi connectivity index (χ1n) is 3.17. The molecule has 0 heterocycles. The molecule has 0 saturated heterocycles. The summed E-state index contributed by atoms with van der Waals surface area (Å²) in [5.74, 6) is 0.321. The van der Waals surface area contributed by atoms with Crippen LogP contribution in [0.3, 0.4) is 0 Å². The molecule has 1 aliphatic rings. The van der Waals surface area contributed by atoms with Crippen molar-refractivity contribution in [3.63, 3.8) is 0 Å². The molecule has 0 amide bonds. The second kappa shape index (κ2) is 2.60. The van der Waals surface area contributed by atoms with Crippen molar-refractivity contribution >= 4 is 15.9 Å². The highest BCUT2D eigenvalue weighted by Gasteiger charge is 2.55. The van der Waals surface area contributed by atoms with E-state index in [0.717, 1.165) is 18.2 Å². The smallest absolute Gasteiger partial charge is 0.147 e. The van der Waals surface area contributed by atoms with E-state index in [-0.39, 0.29) is 0 Å². The maximum absolute atomic E-state index is 8.57. The van der Waals surface area contributed by atoms with Crippen LogP contribution >= 0.6 is 15.9 Å². The molecule has 0 bridgehead atoms. The highest BCUT2D eigenvalue weighted by molar-refractivity contribution is 9.09. The lowest BCUT2D eigenvalue weighted by molar-refractivity contribution is 0.696. The third-order valence-electron chi connectivity index (χ3n) is 1.96. The van der Waals surface area contributed by atoms with Gasteiger partial charge in [0.1, 0.15) is 5.41 Å². The van der Waals surface area contributed by atoms with Gasteiger partial charge in [0, 0.05) is 5.33 Å². The van der Waals surface area contributed by atoms with Crippen LogP contribution < -0.4 is 0 Å². The quantitative estimate of drug-likeness (QED) is 0.636. The maximum atomic E-state index is 8.57. The Hall–Kier alpha value is -0.540. The van der Waals surface area contributed by atoms with E-state index in [1.165, 1.54) is 0 Å². The number of nitriles is 2. The lowest BCUT2D eigenvalue weighted by Gasteiger charge is -1.92. The highest BCUT2D eigenvalue weighted by atomic mass is 79.9. The summed E-state index contributed by atoms with van der Waals surface area (Å²) in [5, 5.41) is 18.0. The van der Waals surface area contributed by atoms with Crippen LogP contribution in [0.25, 0.3) is 0 Å². The van der Waals surface area contributed by atoms with Crippen molar-refractivity contribution in [3.8, 4) is 12.1 Å². The van der Waals surface area contributed by atoms with E-state index < -0.39 is 5.41 Å². The molecule has 1 saturated carbocycles. The van der Waals surface area contributed by atoms with Gasteiger partial charge in [0.05, 0.1) is 12.1 Å². The number of hydrogen-bond acceptors (Lipinski definition) is 2. The molecule has 0 spiro atoms. The van der Waals surface area contributed by atoms with Crippen LogP contribution in [0.5, 0.6) is 0 Å². The average molecular weight is 199 g/mol. The maximum Gasteiger partial charge on any atom is 0.147 e. The largest absolute Gasteiger partial charge is 0.197 e. The Morgan fingerprint density at radius 1 is 1.50 bits per heavy atom. The van der Waals surface area contributed by atoms with E-state index in [2.05, 4.69) is 28.1 Å². The van der Waals surface area contributed by atoms with Crippen molar-refractivity contribution in [2.24, 2.45) is 11.3 Å². The minimum atomic E-state index is -0.617. The zero-order chi connectivity index (χ0) is 7.61. The molecule has 0 aromatic rings. The van der Waals surface area contributed by atoms with Gasteiger partial charge in [0.25, 0.3) is 0 Å². The molecule has 1 aliphatic carbocycles. The molecule has 0 aromatic heterocycles. The van der Waals surface area contributed by atoms with Gasteiger partial charge in [-0.05, 0) is 18.8 Å². The second-order valence-corrected chi connectivity index (χ2v) is 3.37. The molecule has 2 nitrogen and oxygen atoms in total. The first-order chi connectivity index (χ1) is 4.79. The fourth-order valence-electron chi connectivity index (χ4n) is 1.11. The summed E-state index contributed by atoms with van der Waals surface area (Å²) in [6.45, 7) is 0. The summed E-state index contributed by atoms with van der Waals surface area (Å²) in [4.78, 5) is 0. The Bertz CT molecular complexity index is 197. The Balaban J connectivity index is 2.50. The van der Waals surface area contributed by atoms with Crippen LogP contribution in [0.2, 0.25) is 0 Å². The lowest BCUT2D eigenvalue weighted by Crippen LogP contribution is -1.96. The zero-order valence-electron chi connectivity index (χ0n) is 5.47. The van der Waals surface area contributed by atoms with E-state index in [1.54, 1.807) is 0 Å². The summed E-state index contributed by atoms with van der Waals surface area (Å²) in [6.07, 6.45) is 1.72. The van der Waals surface area contributed by atoms with Gasteiger partial charge in [-0.3, -0.25) is 0 Å². The molecular formula is C7H7BrN2. The van der Waals surface area contributed by atoms with Gasteiger partial charge in [-0.2, -0.15) is 10.5 Å². The van der Waals surface area contributed by atoms with Gasteiger partial charge < -0.3 is 0 Å². The van der Waals surface area contributed by atoms with Crippen LogP contribution in [-0.2, 0) is 0 Å². The summed E-state index contributed by atoms with van der Waals surface area (Å²) in [6, 6.07) is 4.11. The number of nitrogens with zero attached hydrogens (tertiary/aromatic N) is 2. The average Bonchev–Trinajstić information content (AvgIpc) is 2.65. The monoisotopic (exact) mass is 198 g/mol. The Kier molecular flexibility index (Phi) is 1.97. The van der Waals surface area contributed by atoms with Crippen LogP contribution in [-0.4, -0.2) is 5.33 Å². The van der Waals surface area contributed by atoms with Crippen LogP contribution in [0.1, 0.15) is 12.8 Å². The summed E-state index contributed by atoms with van der Waals surface area (Å²) >= 11 is 3.28. The molecule has 52 valence electrons. The van der Waals surface area contributed by atoms with Gasteiger partial charge in [-0.25, -0.2) is 0 Å². The normalized spacial score (nSPS) is 26.5. The van der Waals surface area contributed by atoms with E-state index in [1.807, 2.05) is 0 Å². The van der Waals surface area contributed by atoms with Gasteiger partial charge in [0.2, 0.25) is 0 Å². The van der Waals surface area contributed by atoms with Crippen molar-refractivity contribution < 1.29 is 0 Å². The Morgan fingerprint density at radius 2 is 2.10 bits per heavy atom. The first-order valence-corrected chi connectivity index (χ1v) is 4.29. The molecule has 3 heteroatoms. The summed E-state index contributed by atoms with van der Waals surface area (Å²) in [5.41, 5.74) is -0.617. The standard InChI is InChI=1S/C7H7BrN2/c8-2-1-6-3-7(6,4-9)5-10/h6H,1-3H2. The molecule has 1 rings (SSSR count). The van der Waals surface area contributed by atoms with Gasteiger partial charge >= 0.3 is 0 Å². The third-order valence-corrected chi connectivity index (χ3v) is 2.42. The van der Waals surface area contributed by atoms with Gasteiger partial charge in [-0.1, -0.05) is 15.9 Å². The van der Waals surface area contributed by atoms with Gasteiger partial charge in [0.15, 0.2) is 0 Å². The fraction of sp³-hybridized carbons (Fsp3) is 0.714. The second-order valence-electron chi connectivity index (χ2n) is 2.57. The molecule has 0 aliphatic heterocycles. The molecule has 10 heavy (non-hydrogen) atoms. The Labute approximate surface area is 68.6 Å². The molecule has 1 atom stereocenters. The van der Waals surface area contributed by atoms with Crippen molar-refractivity contribution in [2.75, 3.05) is 5.33 Å². The first kappa shape index (κ1) is 7.57. The third kappa shape index (κ3) is 1.02. The minimum Gasteiger partial charge on any atom is -0.197 e. The number of halogens is 1. The highest BCUT2D eigenvalue weighted by Crippen LogP contribution is 2.53. The van der Waals surface area contributed by atoms with Crippen LogP contribution in [0.4, 0.5) is 0 Å². The van der Waals surface area contributed by atoms with Crippen molar-refractivity contribution in [3.05, 3.63) is 0 Å². The molecule has 1 fully saturated rings. The minimum absolute atomic E-state index is 0.321. The summed E-state index contributed by atoms with van der Waals surface area (Å²) < 4.78 is 0. The lowest BCUT2D eigenvalue weighted by atomic mass is 10.1. The van der Waals surface area contributed by atoms with E-state index >= 15 is 0 Å². The summed E-state index contributed by atoms with van der Waals surface area (Å²) in [7, 11) is 0. The van der Waals surface area contributed by atoms with E-state index in [0.29, 0.717) is 5.92 Å². The molecule has 1 unspecified atom stereocenters. The predicted octanol–water partition coefficient (Wildman–Crippen LogP) is 1.82. The van der Waals surface area contributed by atoms with E-state index in [9.17, 15) is 0 Å². The molecule has 0 N–H and O–H groups in total. The van der Waals surface area contributed by atoms with Crippen molar-refractivity contribution in [2.45, 2.75) is 12.8 Å². The number of rotatable bonds is 2. The van der Waals surface area contributed by atoms with Crippen molar-refractivity contribution in [1.82, 2.24) is 0 Å². The SMILES string of the molecule is N#CC1(C#N)CC1CCBr. The van der Waals surface area contributed by atoms with Crippen LogP contribution in [0.15, 0.2) is 0 Å². The molecular weight excluding hydrogens is 192 g/mol. The van der Waals surface area contributed by atoms with Gasteiger partial charge in [-0.15, -0.1) is 0 Å².